The molecule has 5 nitrogen and oxygen atoms in total. The fraction of sp³-hybridized carbons (Fsp3) is 0.278. The van der Waals surface area contributed by atoms with Crippen LogP contribution in [0.25, 0.3) is 0 Å². The van der Waals surface area contributed by atoms with Crippen molar-refractivity contribution in [2.75, 3.05) is 27.9 Å². The first-order chi connectivity index (χ1) is 11.6. The monoisotopic (exact) mass is 333 g/mol. The van der Waals surface area contributed by atoms with Crippen molar-refractivity contribution < 1.29 is 23.4 Å². The summed E-state index contributed by atoms with van der Waals surface area (Å²) >= 11 is 0. The molecule has 1 N–H and O–H groups in total. The number of rotatable bonds is 7. The van der Waals surface area contributed by atoms with Gasteiger partial charge in [0.1, 0.15) is 11.6 Å². The van der Waals surface area contributed by atoms with Gasteiger partial charge in [-0.15, -0.1) is 0 Å². The number of benzene rings is 2. The highest BCUT2D eigenvalue weighted by Gasteiger charge is 2.17. The van der Waals surface area contributed by atoms with Gasteiger partial charge in [-0.05, 0) is 24.1 Å². The minimum absolute atomic E-state index is 0.280. The molecule has 6 heteroatoms. The van der Waals surface area contributed by atoms with Crippen LogP contribution in [0.3, 0.4) is 0 Å². The third-order valence-electron chi connectivity index (χ3n) is 3.56. The Hall–Kier alpha value is -2.76. The van der Waals surface area contributed by atoms with Crippen molar-refractivity contribution in [1.82, 2.24) is 5.32 Å². The molecular formula is C18H20FNO4. The Bertz CT molecular complexity index is 701. The Kier molecular flexibility index (Phi) is 6.01. The van der Waals surface area contributed by atoms with Crippen molar-refractivity contribution >= 4 is 5.91 Å². The van der Waals surface area contributed by atoms with Crippen molar-refractivity contribution in [2.24, 2.45) is 0 Å². The smallest absolute Gasteiger partial charge is 0.255 e. The zero-order valence-electron chi connectivity index (χ0n) is 13.9. The maximum absolute atomic E-state index is 12.9. The number of hydrogen-bond acceptors (Lipinski definition) is 4. The van der Waals surface area contributed by atoms with Gasteiger partial charge in [0.2, 0.25) is 0 Å². The van der Waals surface area contributed by atoms with E-state index < -0.39 is 0 Å². The number of carbonyl (C=O) groups excluding carboxylic acids is 1. The SMILES string of the molecule is COc1cc(OC)c(C(=O)NCCc2ccc(F)cc2)cc1OC. The van der Waals surface area contributed by atoms with E-state index in [-0.39, 0.29) is 11.7 Å². The second-order valence-corrected chi connectivity index (χ2v) is 5.04. The van der Waals surface area contributed by atoms with Gasteiger partial charge >= 0.3 is 0 Å². The van der Waals surface area contributed by atoms with Gasteiger partial charge in [0.15, 0.2) is 11.5 Å². The predicted molar refractivity (Wildman–Crippen MR) is 88.5 cm³/mol. The Morgan fingerprint density at radius 2 is 1.54 bits per heavy atom. The molecule has 0 fully saturated rings. The lowest BCUT2D eigenvalue weighted by Gasteiger charge is -2.14. The topological polar surface area (TPSA) is 56.8 Å². The highest BCUT2D eigenvalue weighted by molar-refractivity contribution is 5.97. The summed E-state index contributed by atoms with van der Waals surface area (Å²) in [5.74, 6) is 0.763. The average molecular weight is 333 g/mol. The molecule has 24 heavy (non-hydrogen) atoms. The molecular weight excluding hydrogens is 313 g/mol. The third-order valence-corrected chi connectivity index (χ3v) is 3.56. The Labute approximate surface area is 140 Å². The number of hydrogen-bond donors (Lipinski definition) is 1. The molecule has 0 unspecified atom stereocenters. The van der Waals surface area contributed by atoms with E-state index in [1.165, 1.54) is 33.5 Å². The number of ether oxygens (including phenoxy) is 3. The molecule has 0 saturated heterocycles. The molecule has 0 aliphatic carbocycles. The maximum Gasteiger partial charge on any atom is 0.255 e. The van der Waals surface area contributed by atoms with Crippen LogP contribution in [-0.2, 0) is 6.42 Å². The number of methoxy groups -OCH3 is 3. The van der Waals surface area contributed by atoms with E-state index >= 15 is 0 Å². The first-order valence-corrected chi connectivity index (χ1v) is 7.41. The molecule has 2 aromatic carbocycles. The van der Waals surface area contributed by atoms with Crippen LogP contribution >= 0.6 is 0 Å². The van der Waals surface area contributed by atoms with Crippen molar-refractivity contribution in [3.8, 4) is 17.2 Å². The first-order valence-electron chi connectivity index (χ1n) is 7.41. The van der Waals surface area contributed by atoms with Crippen molar-refractivity contribution in [3.05, 3.63) is 53.3 Å². The summed E-state index contributed by atoms with van der Waals surface area (Å²) in [5.41, 5.74) is 1.30. The molecule has 0 saturated carbocycles. The summed E-state index contributed by atoms with van der Waals surface area (Å²) < 4.78 is 28.5. The van der Waals surface area contributed by atoms with Crippen LogP contribution in [0.5, 0.6) is 17.2 Å². The van der Waals surface area contributed by atoms with Gasteiger partial charge in [-0.3, -0.25) is 4.79 Å². The molecule has 0 aliphatic rings. The Balaban J connectivity index is 2.07. The molecule has 128 valence electrons. The quantitative estimate of drug-likeness (QED) is 0.846. The highest BCUT2D eigenvalue weighted by Crippen LogP contribution is 2.34. The normalized spacial score (nSPS) is 10.2. The number of carbonyl (C=O) groups is 1. The second kappa shape index (κ2) is 8.19. The summed E-state index contributed by atoms with van der Waals surface area (Å²) in [6.45, 7) is 0.419. The zero-order chi connectivity index (χ0) is 17.5. The number of amides is 1. The van der Waals surface area contributed by atoms with E-state index in [2.05, 4.69) is 5.32 Å². The minimum atomic E-state index is -0.282. The molecule has 0 atom stereocenters. The Morgan fingerprint density at radius 1 is 0.958 bits per heavy atom. The van der Waals surface area contributed by atoms with Gasteiger partial charge in [-0.25, -0.2) is 4.39 Å². The van der Waals surface area contributed by atoms with E-state index in [1.807, 2.05) is 0 Å². The second-order valence-electron chi connectivity index (χ2n) is 5.04. The number of nitrogens with one attached hydrogen (secondary N) is 1. The molecule has 2 aromatic rings. The van der Waals surface area contributed by atoms with Crippen LogP contribution in [0.4, 0.5) is 4.39 Å². The third kappa shape index (κ3) is 4.16. The molecule has 0 aromatic heterocycles. The highest BCUT2D eigenvalue weighted by atomic mass is 19.1. The summed E-state index contributed by atoms with van der Waals surface area (Å²) in [5, 5.41) is 2.82. The van der Waals surface area contributed by atoms with Crippen LogP contribution in [0, 0.1) is 5.82 Å². The molecule has 0 radical (unpaired) electrons. The summed E-state index contributed by atoms with van der Waals surface area (Å²) in [4.78, 5) is 12.4. The van der Waals surface area contributed by atoms with Gasteiger partial charge in [-0.2, -0.15) is 0 Å². The molecule has 0 spiro atoms. The largest absolute Gasteiger partial charge is 0.496 e. The number of halogens is 1. The average Bonchev–Trinajstić information content (AvgIpc) is 2.61. The van der Waals surface area contributed by atoms with Gasteiger partial charge in [0.25, 0.3) is 5.91 Å². The van der Waals surface area contributed by atoms with Crippen molar-refractivity contribution in [1.29, 1.82) is 0 Å². The van der Waals surface area contributed by atoms with Crippen LogP contribution < -0.4 is 19.5 Å². The van der Waals surface area contributed by atoms with Crippen molar-refractivity contribution in [3.63, 3.8) is 0 Å². The lowest BCUT2D eigenvalue weighted by atomic mass is 10.1. The Morgan fingerprint density at radius 3 is 2.12 bits per heavy atom. The zero-order valence-corrected chi connectivity index (χ0v) is 13.9. The lowest BCUT2D eigenvalue weighted by molar-refractivity contribution is 0.0950. The summed E-state index contributed by atoms with van der Waals surface area (Å²) in [6.07, 6.45) is 0.599. The fourth-order valence-corrected chi connectivity index (χ4v) is 2.27. The maximum atomic E-state index is 12.9. The van der Waals surface area contributed by atoms with Gasteiger partial charge in [-0.1, -0.05) is 12.1 Å². The van der Waals surface area contributed by atoms with E-state index in [1.54, 1.807) is 24.3 Å². The molecule has 0 bridgehead atoms. The minimum Gasteiger partial charge on any atom is -0.496 e. The first kappa shape index (κ1) is 17.6. The predicted octanol–water partition coefficient (Wildman–Crippen LogP) is 2.82. The molecule has 0 heterocycles. The van der Waals surface area contributed by atoms with Gasteiger partial charge < -0.3 is 19.5 Å². The van der Waals surface area contributed by atoms with Crippen molar-refractivity contribution in [2.45, 2.75) is 6.42 Å². The van der Waals surface area contributed by atoms with Gasteiger partial charge in [0.05, 0.1) is 26.9 Å². The fourth-order valence-electron chi connectivity index (χ4n) is 2.27. The molecule has 0 aliphatic heterocycles. The molecule has 2 rings (SSSR count). The van der Waals surface area contributed by atoms with Crippen LogP contribution in [-0.4, -0.2) is 33.8 Å². The summed E-state index contributed by atoms with van der Waals surface area (Å²) in [6, 6.07) is 9.36. The van der Waals surface area contributed by atoms with Gasteiger partial charge in [0, 0.05) is 18.7 Å². The lowest BCUT2D eigenvalue weighted by Crippen LogP contribution is -2.26. The van der Waals surface area contributed by atoms with E-state index in [0.717, 1.165) is 5.56 Å². The van der Waals surface area contributed by atoms with Crippen LogP contribution in [0.1, 0.15) is 15.9 Å². The summed E-state index contributed by atoms with van der Waals surface area (Å²) in [7, 11) is 4.50. The van der Waals surface area contributed by atoms with Crippen LogP contribution in [0.15, 0.2) is 36.4 Å². The molecule has 1 amide bonds. The van der Waals surface area contributed by atoms with E-state index in [4.69, 9.17) is 14.2 Å². The standard InChI is InChI=1S/C18H20FNO4/c1-22-15-11-17(24-3)16(23-2)10-14(15)18(21)20-9-8-12-4-6-13(19)7-5-12/h4-7,10-11H,8-9H2,1-3H3,(H,20,21). The van der Waals surface area contributed by atoms with Crippen LogP contribution in [0.2, 0.25) is 0 Å². The van der Waals surface area contributed by atoms with E-state index in [0.29, 0.717) is 35.8 Å². The van der Waals surface area contributed by atoms with E-state index in [9.17, 15) is 9.18 Å².